The molecule has 0 radical (unpaired) electrons. The topological polar surface area (TPSA) is 61.8 Å². The molecular weight excluding hydrogens is 256 g/mol. The van der Waals surface area contributed by atoms with Gasteiger partial charge in [0, 0.05) is 18.2 Å². The van der Waals surface area contributed by atoms with Gasteiger partial charge in [-0.3, -0.25) is 9.69 Å². The summed E-state index contributed by atoms with van der Waals surface area (Å²) >= 11 is 0. The van der Waals surface area contributed by atoms with Crippen molar-refractivity contribution in [2.45, 2.75) is 25.4 Å². The first-order valence-electron chi connectivity index (χ1n) is 6.98. The zero-order valence-electron chi connectivity index (χ0n) is 11.8. The van der Waals surface area contributed by atoms with Crippen LogP contribution < -0.4 is 10.1 Å². The van der Waals surface area contributed by atoms with Gasteiger partial charge in [-0.05, 0) is 25.5 Å². The zero-order chi connectivity index (χ0) is 14.4. The summed E-state index contributed by atoms with van der Waals surface area (Å²) < 4.78 is 5.25. The van der Waals surface area contributed by atoms with Crippen molar-refractivity contribution < 1.29 is 14.6 Å². The standard InChI is InChI=1S/C15H22N2O3/c1-20-14-7-3-2-5-12(14)9-16-15(19)10-17-8-4-6-13(17)11-18/h2-3,5,7,13,18H,4,6,8-11H2,1H3,(H,16,19)/t13-/m0/s1. The largest absolute Gasteiger partial charge is 0.496 e. The number of nitrogens with one attached hydrogen (secondary N) is 1. The van der Waals surface area contributed by atoms with Crippen LogP contribution in [0.5, 0.6) is 5.75 Å². The molecule has 1 amide bonds. The highest BCUT2D eigenvalue weighted by molar-refractivity contribution is 5.78. The van der Waals surface area contributed by atoms with E-state index in [2.05, 4.69) is 5.32 Å². The van der Waals surface area contributed by atoms with Crippen molar-refractivity contribution in [2.24, 2.45) is 0 Å². The minimum Gasteiger partial charge on any atom is -0.496 e. The predicted molar refractivity (Wildman–Crippen MR) is 76.5 cm³/mol. The molecule has 1 aliphatic heterocycles. The molecule has 0 spiro atoms. The number of benzene rings is 1. The smallest absolute Gasteiger partial charge is 0.234 e. The van der Waals surface area contributed by atoms with Gasteiger partial charge >= 0.3 is 0 Å². The van der Waals surface area contributed by atoms with Gasteiger partial charge in [-0.2, -0.15) is 0 Å². The van der Waals surface area contributed by atoms with E-state index in [9.17, 15) is 9.90 Å². The lowest BCUT2D eigenvalue weighted by molar-refractivity contribution is -0.122. The van der Waals surface area contributed by atoms with Gasteiger partial charge in [-0.15, -0.1) is 0 Å². The van der Waals surface area contributed by atoms with Crippen molar-refractivity contribution >= 4 is 5.91 Å². The molecule has 2 rings (SSSR count). The molecule has 0 saturated carbocycles. The molecule has 1 fully saturated rings. The Bertz CT molecular complexity index is 450. The number of para-hydroxylation sites is 1. The van der Waals surface area contributed by atoms with Crippen LogP contribution in [0.4, 0.5) is 0 Å². The third-order valence-electron chi connectivity index (χ3n) is 3.73. The number of hydrogen-bond acceptors (Lipinski definition) is 4. The average molecular weight is 278 g/mol. The lowest BCUT2D eigenvalue weighted by Gasteiger charge is -2.21. The van der Waals surface area contributed by atoms with E-state index >= 15 is 0 Å². The molecular formula is C15H22N2O3. The molecule has 1 saturated heterocycles. The van der Waals surface area contributed by atoms with Crippen LogP contribution in [0.25, 0.3) is 0 Å². The summed E-state index contributed by atoms with van der Waals surface area (Å²) in [5.41, 5.74) is 0.962. The lowest BCUT2D eigenvalue weighted by Crippen LogP contribution is -2.40. The summed E-state index contributed by atoms with van der Waals surface area (Å²) in [6, 6.07) is 7.77. The maximum atomic E-state index is 12.0. The van der Waals surface area contributed by atoms with Gasteiger partial charge < -0.3 is 15.2 Å². The third-order valence-corrected chi connectivity index (χ3v) is 3.73. The number of carbonyl (C=O) groups is 1. The molecule has 1 aliphatic rings. The molecule has 2 N–H and O–H groups in total. The maximum Gasteiger partial charge on any atom is 0.234 e. The number of rotatable bonds is 6. The quantitative estimate of drug-likeness (QED) is 0.807. The third kappa shape index (κ3) is 3.71. The second kappa shape index (κ2) is 7.26. The minimum atomic E-state index is -0.0174. The van der Waals surface area contributed by atoms with E-state index in [1.807, 2.05) is 29.2 Å². The van der Waals surface area contributed by atoms with Gasteiger partial charge in [-0.25, -0.2) is 0 Å². The summed E-state index contributed by atoms with van der Waals surface area (Å²) in [7, 11) is 1.62. The second-order valence-corrected chi connectivity index (χ2v) is 5.04. The fourth-order valence-electron chi connectivity index (χ4n) is 2.59. The van der Waals surface area contributed by atoms with E-state index in [4.69, 9.17) is 4.74 Å². The molecule has 0 bridgehead atoms. The predicted octanol–water partition coefficient (Wildman–Crippen LogP) is 0.768. The van der Waals surface area contributed by atoms with Crippen molar-refractivity contribution in [1.29, 1.82) is 0 Å². The number of aliphatic hydroxyl groups is 1. The Morgan fingerprint density at radius 1 is 1.50 bits per heavy atom. The molecule has 110 valence electrons. The molecule has 5 heteroatoms. The van der Waals surface area contributed by atoms with E-state index in [0.717, 1.165) is 30.7 Å². The van der Waals surface area contributed by atoms with Crippen LogP contribution in [0, 0.1) is 0 Å². The molecule has 5 nitrogen and oxygen atoms in total. The van der Waals surface area contributed by atoms with Crippen LogP contribution in [-0.4, -0.2) is 48.8 Å². The summed E-state index contributed by atoms with van der Waals surface area (Å²) in [6.07, 6.45) is 2.02. The van der Waals surface area contributed by atoms with Gasteiger partial charge in [-0.1, -0.05) is 18.2 Å². The summed E-state index contributed by atoms with van der Waals surface area (Å²) in [5.74, 6) is 0.762. The molecule has 0 aliphatic carbocycles. The van der Waals surface area contributed by atoms with Gasteiger partial charge in [0.25, 0.3) is 0 Å². The molecule has 1 aromatic rings. The fourth-order valence-corrected chi connectivity index (χ4v) is 2.59. The van der Waals surface area contributed by atoms with E-state index in [1.165, 1.54) is 0 Å². The van der Waals surface area contributed by atoms with Gasteiger partial charge in [0.1, 0.15) is 5.75 Å². The first kappa shape index (κ1) is 14.8. The van der Waals surface area contributed by atoms with E-state index in [1.54, 1.807) is 7.11 Å². The number of methoxy groups -OCH3 is 1. The number of aliphatic hydroxyl groups excluding tert-OH is 1. The van der Waals surface area contributed by atoms with E-state index in [0.29, 0.717) is 13.1 Å². The van der Waals surface area contributed by atoms with E-state index in [-0.39, 0.29) is 18.6 Å². The SMILES string of the molecule is COc1ccccc1CNC(=O)CN1CCC[C@H]1CO. The van der Waals surface area contributed by atoms with Crippen LogP contribution in [-0.2, 0) is 11.3 Å². The highest BCUT2D eigenvalue weighted by Crippen LogP contribution is 2.17. The number of hydrogen-bond donors (Lipinski definition) is 2. The van der Waals surface area contributed by atoms with Crippen LogP contribution >= 0.6 is 0 Å². The monoisotopic (exact) mass is 278 g/mol. The molecule has 1 heterocycles. The maximum absolute atomic E-state index is 12.0. The van der Waals surface area contributed by atoms with E-state index < -0.39 is 0 Å². The number of ether oxygens (including phenoxy) is 1. The number of amides is 1. The first-order valence-corrected chi connectivity index (χ1v) is 6.98. The minimum absolute atomic E-state index is 0.0174. The van der Waals surface area contributed by atoms with Crippen LogP contribution in [0.1, 0.15) is 18.4 Å². The normalized spacial score (nSPS) is 19.0. The Balaban J connectivity index is 1.83. The van der Waals surface area contributed by atoms with Crippen LogP contribution in [0.3, 0.4) is 0 Å². The van der Waals surface area contributed by atoms with Gasteiger partial charge in [0.15, 0.2) is 0 Å². The van der Waals surface area contributed by atoms with Crippen molar-refractivity contribution in [3.8, 4) is 5.75 Å². The lowest BCUT2D eigenvalue weighted by atomic mass is 10.2. The zero-order valence-corrected chi connectivity index (χ0v) is 11.8. The second-order valence-electron chi connectivity index (χ2n) is 5.04. The number of carbonyl (C=O) groups excluding carboxylic acids is 1. The first-order chi connectivity index (χ1) is 9.74. The van der Waals surface area contributed by atoms with Crippen molar-refractivity contribution in [2.75, 3.05) is 26.8 Å². The summed E-state index contributed by atoms with van der Waals surface area (Å²) in [5, 5.41) is 12.1. The van der Waals surface area contributed by atoms with Crippen molar-refractivity contribution in [3.63, 3.8) is 0 Å². The number of nitrogens with zero attached hydrogens (tertiary/aromatic N) is 1. The molecule has 20 heavy (non-hydrogen) atoms. The Labute approximate surface area is 119 Å². The molecule has 0 aromatic heterocycles. The molecule has 1 atom stereocenters. The van der Waals surface area contributed by atoms with Gasteiger partial charge in [0.2, 0.25) is 5.91 Å². The number of likely N-dealkylation sites (tertiary alicyclic amines) is 1. The highest BCUT2D eigenvalue weighted by atomic mass is 16.5. The Morgan fingerprint density at radius 2 is 2.30 bits per heavy atom. The van der Waals surface area contributed by atoms with Gasteiger partial charge in [0.05, 0.1) is 20.3 Å². The highest BCUT2D eigenvalue weighted by Gasteiger charge is 2.25. The van der Waals surface area contributed by atoms with Crippen molar-refractivity contribution in [1.82, 2.24) is 10.2 Å². The summed E-state index contributed by atoms with van der Waals surface area (Å²) in [6.45, 7) is 1.81. The Hall–Kier alpha value is -1.59. The molecule has 0 unspecified atom stereocenters. The fraction of sp³-hybridized carbons (Fsp3) is 0.533. The van der Waals surface area contributed by atoms with Crippen LogP contribution in [0.2, 0.25) is 0 Å². The van der Waals surface area contributed by atoms with Crippen molar-refractivity contribution in [3.05, 3.63) is 29.8 Å². The Morgan fingerprint density at radius 3 is 3.05 bits per heavy atom. The van der Waals surface area contributed by atoms with Crippen LogP contribution in [0.15, 0.2) is 24.3 Å². The average Bonchev–Trinajstić information content (AvgIpc) is 2.92. The summed E-state index contributed by atoms with van der Waals surface area (Å²) in [4.78, 5) is 14.0. The molecule has 1 aromatic carbocycles. The Kier molecular flexibility index (Phi) is 5.38.